The molecule has 2 aromatic heterocycles. The van der Waals surface area contributed by atoms with Crippen LogP contribution >= 0.6 is 46.7 Å². The van der Waals surface area contributed by atoms with Gasteiger partial charge in [0, 0.05) is 44.2 Å². The van der Waals surface area contributed by atoms with Crippen molar-refractivity contribution < 1.29 is 8.42 Å². The number of halogens is 1. The van der Waals surface area contributed by atoms with Crippen LogP contribution in [0.4, 0.5) is 0 Å². The molecule has 0 aliphatic heterocycles. The lowest BCUT2D eigenvalue weighted by Crippen LogP contribution is -2.42. The Morgan fingerprint density at radius 2 is 2.04 bits per heavy atom. The van der Waals surface area contributed by atoms with Crippen LogP contribution in [0.1, 0.15) is 9.88 Å². The third-order valence-corrected chi connectivity index (χ3v) is 6.82. The standard InChI is InChI=1S/C14H21N5O2S3.HI/c1-11-10-18-12(23-11)5-6-16-14(15-2)17-7-8-19-24(20,21)13-4-3-9-22-13;/h3-4,9-10,19H,5-8H2,1-2H3,(H2,15,16,17);1H. The largest absolute Gasteiger partial charge is 0.356 e. The number of nitrogens with zero attached hydrogens (tertiary/aromatic N) is 2. The lowest BCUT2D eigenvalue weighted by molar-refractivity contribution is 0.582. The second kappa shape index (κ2) is 11.1. The van der Waals surface area contributed by atoms with Crippen molar-refractivity contribution >= 4 is 62.6 Å². The average Bonchev–Trinajstić information content (AvgIpc) is 3.21. The number of hydrogen-bond acceptors (Lipinski definition) is 6. The molecule has 0 saturated heterocycles. The van der Waals surface area contributed by atoms with Crippen molar-refractivity contribution in [2.24, 2.45) is 4.99 Å². The Balaban J connectivity index is 0.00000312. The van der Waals surface area contributed by atoms with E-state index in [9.17, 15) is 8.42 Å². The van der Waals surface area contributed by atoms with Gasteiger partial charge in [0.1, 0.15) is 4.21 Å². The first-order valence-electron chi connectivity index (χ1n) is 7.40. The van der Waals surface area contributed by atoms with Crippen molar-refractivity contribution in [1.82, 2.24) is 20.3 Å². The summed E-state index contributed by atoms with van der Waals surface area (Å²) in [6.07, 6.45) is 2.69. The molecule has 0 bridgehead atoms. The molecule has 11 heteroatoms. The van der Waals surface area contributed by atoms with Crippen LogP contribution < -0.4 is 15.4 Å². The molecule has 0 unspecified atom stereocenters. The normalized spacial score (nSPS) is 11.8. The van der Waals surface area contributed by atoms with Gasteiger partial charge in [0.25, 0.3) is 0 Å². The summed E-state index contributed by atoms with van der Waals surface area (Å²) in [5.41, 5.74) is 0. The summed E-state index contributed by atoms with van der Waals surface area (Å²) >= 11 is 2.88. The van der Waals surface area contributed by atoms with Crippen LogP contribution in [0.5, 0.6) is 0 Å². The Morgan fingerprint density at radius 3 is 2.64 bits per heavy atom. The highest BCUT2D eigenvalue weighted by molar-refractivity contribution is 14.0. The number of aromatic nitrogens is 1. The van der Waals surface area contributed by atoms with Crippen molar-refractivity contribution in [2.75, 3.05) is 26.7 Å². The summed E-state index contributed by atoms with van der Waals surface area (Å²) in [5.74, 6) is 0.638. The first-order chi connectivity index (χ1) is 11.5. The minimum absolute atomic E-state index is 0. The Morgan fingerprint density at radius 1 is 1.28 bits per heavy atom. The number of thiophene rings is 1. The molecule has 0 aromatic carbocycles. The molecule has 0 fully saturated rings. The number of guanidine groups is 1. The third-order valence-electron chi connectivity index (χ3n) is 2.99. The quantitative estimate of drug-likeness (QED) is 0.216. The van der Waals surface area contributed by atoms with Crippen LogP contribution in [0.15, 0.2) is 32.9 Å². The number of hydrogen-bond donors (Lipinski definition) is 3. The summed E-state index contributed by atoms with van der Waals surface area (Å²) in [4.78, 5) is 9.62. The topological polar surface area (TPSA) is 95.5 Å². The minimum Gasteiger partial charge on any atom is -0.356 e. The zero-order valence-electron chi connectivity index (χ0n) is 14.0. The molecular weight excluding hydrogens is 493 g/mol. The van der Waals surface area contributed by atoms with Gasteiger partial charge in [-0.25, -0.2) is 18.1 Å². The average molecular weight is 515 g/mol. The number of nitrogens with one attached hydrogen (secondary N) is 3. The van der Waals surface area contributed by atoms with Crippen molar-refractivity contribution in [3.63, 3.8) is 0 Å². The SMILES string of the molecule is CN=C(NCCNS(=O)(=O)c1cccs1)NCCc1ncc(C)s1.I. The van der Waals surface area contributed by atoms with Gasteiger partial charge in [0.15, 0.2) is 5.96 Å². The number of thiazole rings is 1. The predicted octanol–water partition coefficient (Wildman–Crippen LogP) is 1.82. The molecule has 0 atom stereocenters. The van der Waals surface area contributed by atoms with E-state index in [1.807, 2.05) is 13.1 Å². The minimum atomic E-state index is -3.41. The highest BCUT2D eigenvalue weighted by Gasteiger charge is 2.13. The molecule has 140 valence electrons. The van der Waals surface area contributed by atoms with E-state index in [1.54, 1.807) is 35.9 Å². The van der Waals surface area contributed by atoms with E-state index in [-0.39, 0.29) is 30.5 Å². The fourth-order valence-corrected chi connectivity index (χ4v) is 4.74. The fraction of sp³-hybridized carbons (Fsp3) is 0.429. The summed E-state index contributed by atoms with van der Waals surface area (Å²) < 4.78 is 26.8. The summed E-state index contributed by atoms with van der Waals surface area (Å²) in [6, 6.07) is 3.30. The van der Waals surface area contributed by atoms with Crippen molar-refractivity contribution in [3.05, 3.63) is 33.6 Å². The van der Waals surface area contributed by atoms with E-state index in [0.29, 0.717) is 23.3 Å². The molecule has 0 amide bonds. The number of sulfonamides is 1. The smallest absolute Gasteiger partial charge is 0.250 e. The maximum absolute atomic E-state index is 12.0. The van der Waals surface area contributed by atoms with Gasteiger partial charge in [-0.15, -0.1) is 46.7 Å². The van der Waals surface area contributed by atoms with Crippen LogP contribution in [0.2, 0.25) is 0 Å². The Hall–Kier alpha value is -0.760. The summed E-state index contributed by atoms with van der Waals surface area (Å²) in [6.45, 7) is 3.48. The molecule has 2 aromatic rings. The fourth-order valence-electron chi connectivity index (χ4n) is 1.88. The molecule has 0 saturated carbocycles. The highest BCUT2D eigenvalue weighted by atomic mass is 127. The maximum Gasteiger partial charge on any atom is 0.250 e. The molecule has 0 spiro atoms. The Bertz CT molecular complexity index is 759. The molecule has 2 rings (SSSR count). The molecule has 0 aliphatic rings. The second-order valence-corrected chi connectivity index (χ2v) is 9.13. The molecule has 3 N–H and O–H groups in total. The monoisotopic (exact) mass is 515 g/mol. The highest BCUT2D eigenvalue weighted by Crippen LogP contribution is 2.14. The van der Waals surface area contributed by atoms with Crippen molar-refractivity contribution in [3.8, 4) is 0 Å². The van der Waals surface area contributed by atoms with E-state index in [4.69, 9.17) is 0 Å². The molecule has 0 radical (unpaired) electrons. The summed E-state index contributed by atoms with van der Waals surface area (Å²) in [7, 11) is -1.73. The number of aryl methyl sites for hydroxylation is 1. The zero-order chi connectivity index (χ0) is 17.4. The van der Waals surface area contributed by atoms with Gasteiger partial charge < -0.3 is 10.6 Å². The van der Waals surface area contributed by atoms with E-state index in [1.165, 1.54) is 16.2 Å². The van der Waals surface area contributed by atoms with Crippen molar-refractivity contribution in [2.45, 2.75) is 17.6 Å². The molecular formula is C14H22IN5O2S3. The van der Waals surface area contributed by atoms with Gasteiger partial charge in [-0.2, -0.15) is 0 Å². The number of rotatable bonds is 8. The van der Waals surface area contributed by atoms with E-state index >= 15 is 0 Å². The van der Waals surface area contributed by atoms with Crippen LogP contribution in [0, 0.1) is 6.92 Å². The predicted molar refractivity (Wildman–Crippen MR) is 115 cm³/mol. The van der Waals surface area contributed by atoms with Gasteiger partial charge in [-0.05, 0) is 18.4 Å². The van der Waals surface area contributed by atoms with Gasteiger partial charge >= 0.3 is 0 Å². The molecule has 2 heterocycles. The lowest BCUT2D eigenvalue weighted by atomic mass is 10.4. The van der Waals surface area contributed by atoms with Crippen LogP contribution in [0.25, 0.3) is 0 Å². The van der Waals surface area contributed by atoms with Crippen LogP contribution in [-0.2, 0) is 16.4 Å². The Labute approximate surface area is 173 Å². The van der Waals surface area contributed by atoms with E-state index in [2.05, 4.69) is 25.3 Å². The maximum atomic E-state index is 12.0. The summed E-state index contributed by atoms with van der Waals surface area (Å²) in [5, 5.41) is 9.08. The van der Waals surface area contributed by atoms with Gasteiger partial charge in [-0.1, -0.05) is 6.07 Å². The van der Waals surface area contributed by atoms with Crippen LogP contribution in [0.3, 0.4) is 0 Å². The van der Waals surface area contributed by atoms with E-state index < -0.39 is 10.0 Å². The molecule has 0 aliphatic carbocycles. The van der Waals surface area contributed by atoms with Crippen LogP contribution in [-0.4, -0.2) is 46.0 Å². The van der Waals surface area contributed by atoms with Crippen molar-refractivity contribution in [1.29, 1.82) is 0 Å². The van der Waals surface area contributed by atoms with Gasteiger partial charge in [0.2, 0.25) is 10.0 Å². The molecule has 7 nitrogen and oxygen atoms in total. The van der Waals surface area contributed by atoms with Gasteiger partial charge in [0.05, 0.1) is 5.01 Å². The lowest BCUT2D eigenvalue weighted by Gasteiger charge is -2.11. The Kier molecular flexibility index (Phi) is 9.86. The first kappa shape index (κ1) is 22.3. The molecule has 25 heavy (non-hydrogen) atoms. The van der Waals surface area contributed by atoms with Gasteiger partial charge in [-0.3, -0.25) is 4.99 Å². The first-order valence-corrected chi connectivity index (χ1v) is 10.6. The third kappa shape index (κ3) is 7.56. The zero-order valence-corrected chi connectivity index (χ0v) is 18.8. The second-order valence-electron chi connectivity index (χ2n) is 4.87. The number of aliphatic imine (C=N–C) groups is 1. The van der Waals surface area contributed by atoms with E-state index in [0.717, 1.165) is 11.4 Å².